The number of hydrogen-bond donors (Lipinski definition) is 2. The molecule has 0 fully saturated rings. The Morgan fingerprint density at radius 1 is 0.500 bits per heavy atom. The van der Waals surface area contributed by atoms with Crippen molar-refractivity contribution in [2.75, 3.05) is 0 Å². The van der Waals surface area contributed by atoms with Crippen LogP contribution in [0.1, 0.15) is 20.0 Å². The highest BCUT2D eigenvalue weighted by Gasteiger charge is 2.12. The fourth-order valence-corrected chi connectivity index (χ4v) is 5.62. The first-order chi connectivity index (χ1) is 12.8. The molecule has 2 N–H and O–H groups in total. The van der Waals surface area contributed by atoms with E-state index >= 15 is 0 Å². The third-order valence-electron chi connectivity index (χ3n) is 3.84. The average molecular weight is 419 g/mol. The third-order valence-corrected chi connectivity index (χ3v) is 7.23. The quantitative estimate of drug-likeness (QED) is 0.453. The van der Waals surface area contributed by atoms with E-state index in [0.717, 1.165) is 69.0 Å². The molecule has 0 atom stereocenters. The van der Waals surface area contributed by atoms with Gasteiger partial charge in [0.1, 0.15) is 42.8 Å². The van der Waals surface area contributed by atoms with E-state index in [4.69, 9.17) is 19.9 Å². The molecular formula is C16H14N6S4. The van der Waals surface area contributed by atoms with Crippen LogP contribution in [-0.4, -0.2) is 19.9 Å². The highest BCUT2D eigenvalue weighted by Crippen LogP contribution is 2.26. The maximum absolute atomic E-state index is 4.70. The minimum absolute atomic E-state index is 0.735. The van der Waals surface area contributed by atoms with Crippen LogP contribution in [0.25, 0.3) is 22.8 Å². The molecule has 0 unspecified atom stereocenters. The molecule has 8 bridgehead atoms. The second-order valence-electron chi connectivity index (χ2n) is 5.71. The van der Waals surface area contributed by atoms with E-state index in [9.17, 15) is 0 Å². The predicted octanol–water partition coefficient (Wildman–Crippen LogP) is 3.74. The zero-order valence-corrected chi connectivity index (χ0v) is 16.8. The fourth-order valence-electron chi connectivity index (χ4n) is 2.59. The standard InChI is InChI=1S/C16H14N6S4/c1-13-19-9(5-23-13)10-6-25-15(21-10)3-18-4-16-22-12(8-26-16)11-7-24-14(20-11)2-17-1/h5-8,17-18H,1-4H2. The fraction of sp³-hybridized carbons (Fsp3) is 0.250. The molecule has 5 heterocycles. The number of nitrogens with zero attached hydrogens (tertiary/aromatic N) is 4. The topological polar surface area (TPSA) is 75.6 Å². The van der Waals surface area contributed by atoms with Crippen molar-refractivity contribution < 1.29 is 0 Å². The molecule has 26 heavy (non-hydrogen) atoms. The van der Waals surface area contributed by atoms with Crippen molar-refractivity contribution in [3.05, 3.63) is 41.6 Å². The van der Waals surface area contributed by atoms with E-state index < -0.39 is 0 Å². The van der Waals surface area contributed by atoms with E-state index in [1.54, 1.807) is 45.3 Å². The van der Waals surface area contributed by atoms with Gasteiger partial charge < -0.3 is 10.6 Å². The number of hydrogen-bond acceptors (Lipinski definition) is 10. The SMILES string of the molecule is c1sc2nc1-c1csc(n1)CNCc1nc(cs1)-c1csc(n1)CNC2. The van der Waals surface area contributed by atoms with E-state index in [1.165, 1.54) is 0 Å². The summed E-state index contributed by atoms with van der Waals surface area (Å²) < 4.78 is 0. The molecule has 0 saturated heterocycles. The maximum Gasteiger partial charge on any atom is 0.107 e. The van der Waals surface area contributed by atoms with Gasteiger partial charge in [-0.25, -0.2) is 19.9 Å². The molecule has 0 spiro atoms. The van der Waals surface area contributed by atoms with Gasteiger partial charge in [0.2, 0.25) is 0 Å². The molecule has 1 aliphatic heterocycles. The Labute approximate surface area is 166 Å². The number of thiazole rings is 4. The lowest BCUT2D eigenvalue weighted by atomic mass is 10.4. The van der Waals surface area contributed by atoms with E-state index in [1.807, 2.05) is 0 Å². The molecule has 0 aromatic carbocycles. The molecule has 0 saturated carbocycles. The Morgan fingerprint density at radius 2 is 0.769 bits per heavy atom. The predicted molar refractivity (Wildman–Crippen MR) is 108 cm³/mol. The van der Waals surface area contributed by atoms with Crippen LogP contribution >= 0.6 is 45.3 Å². The van der Waals surface area contributed by atoms with Gasteiger partial charge in [-0.1, -0.05) is 0 Å². The minimum atomic E-state index is 0.735. The van der Waals surface area contributed by atoms with Gasteiger partial charge in [0.15, 0.2) is 0 Å². The molecule has 6 nitrogen and oxygen atoms in total. The van der Waals surface area contributed by atoms with Crippen LogP contribution in [0.3, 0.4) is 0 Å². The zero-order chi connectivity index (χ0) is 17.3. The molecule has 132 valence electrons. The molecular weight excluding hydrogens is 404 g/mol. The Hall–Kier alpha value is -1.56. The maximum atomic E-state index is 4.70. The molecule has 1 aliphatic rings. The van der Waals surface area contributed by atoms with Gasteiger partial charge in [0, 0.05) is 47.7 Å². The first-order valence-electron chi connectivity index (χ1n) is 8.03. The van der Waals surface area contributed by atoms with E-state index in [-0.39, 0.29) is 0 Å². The van der Waals surface area contributed by atoms with Crippen LogP contribution in [0.15, 0.2) is 21.5 Å². The van der Waals surface area contributed by atoms with Crippen molar-refractivity contribution in [1.82, 2.24) is 30.6 Å². The van der Waals surface area contributed by atoms with Crippen LogP contribution in [0.4, 0.5) is 0 Å². The monoisotopic (exact) mass is 418 g/mol. The summed E-state index contributed by atoms with van der Waals surface area (Å²) >= 11 is 6.66. The van der Waals surface area contributed by atoms with Crippen LogP contribution in [0.5, 0.6) is 0 Å². The largest absolute Gasteiger partial charge is 0.304 e. The van der Waals surface area contributed by atoms with Gasteiger partial charge >= 0.3 is 0 Å². The average Bonchev–Trinajstić information content (AvgIpc) is 3.41. The van der Waals surface area contributed by atoms with Crippen molar-refractivity contribution in [2.45, 2.75) is 26.2 Å². The number of nitrogens with one attached hydrogen (secondary N) is 2. The molecule has 0 radical (unpaired) electrons. The summed E-state index contributed by atoms with van der Waals surface area (Å²) in [6.45, 7) is 2.94. The number of aromatic nitrogens is 4. The molecule has 4 aromatic heterocycles. The highest BCUT2D eigenvalue weighted by molar-refractivity contribution is 7.11. The van der Waals surface area contributed by atoms with Gasteiger partial charge in [0.05, 0.1) is 0 Å². The Morgan fingerprint density at radius 3 is 1.04 bits per heavy atom. The van der Waals surface area contributed by atoms with Crippen LogP contribution in [0.2, 0.25) is 0 Å². The summed E-state index contributed by atoms with van der Waals surface area (Å²) in [5.74, 6) is 0. The van der Waals surface area contributed by atoms with Crippen LogP contribution < -0.4 is 10.6 Å². The summed E-state index contributed by atoms with van der Waals surface area (Å²) in [6, 6.07) is 0. The van der Waals surface area contributed by atoms with Crippen LogP contribution in [0, 0.1) is 0 Å². The zero-order valence-electron chi connectivity index (χ0n) is 13.6. The number of fused-ring (bicyclic) bond motifs is 10. The van der Waals surface area contributed by atoms with E-state index in [2.05, 4.69) is 32.2 Å². The normalized spacial score (nSPS) is 14.8. The second-order valence-corrected chi connectivity index (χ2v) is 9.48. The lowest BCUT2D eigenvalue weighted by Crippen LogP contribution is -2.12. The van der Waals surface area contributed by atoms with Crippen molar-refractivity contribution in [3.8, 4) is 22.8 Å². The summed E-state index contributed by atoms with van der Waals surface area (Å²) in [6.07, 6.45) is 0. The van der Waals surface area contributed by atoms with Crippen molar-refractivity contribution >= 4 is 45.3 Å². The molecule has 0 aliphatic carbocycles. The summed E-state index contributed by atoms with van der Waals surface area (Å²) in [5, 5.41) is 19.4. The van der Waals surface area contributed by atoms with Crippen LogP contribution in [-0.2, 0) is 26.2 Å². The summed E-state index contributed by atoms with van der Waals surface area (Å²) in [7, 11) is 0. The minimum Gasteiger partial charge on any atom is -0.304 e. The third kappa shape index (κ3) is 3.48. The summed E-state index contributed by atoms with van der Waals surface area (Å²) in [5.41, 5.74) is 3.82. The Kier molecular flexibility index (Phi) is 4.61. The highest BCUT2D eigenvalue weighted by atomic mass is 32.1. The van der Waals surface area contributed by atoms with Crippen molar-refractivity contribution in [1.29, 1.82) is 0 Å². The van der Waals surface area contributed by atoms with Crippen molar-refractivity contribution in [2.24, 2.45) is 0 Å². The molecule has 4 aromatic rings. The molecule has 0 amide bonds. The van der Waals surface area contributed by atoms with Gasteiger partial charge in [-0.05, 0) is 0 Å². The van der Waals surface area contributed by atoms with E-state index in [0.29, 0.717) is 0 Å². The summed E-state index contributed by atoms with van der Waals surface area (Å²) in [4.78, 5) is 18.8. The smallest absolute Gasteiger partial charge is 0.107 e. The second kappa shape index (κ2) is 7.22. The first kappa shape index (κ1) is 16.6. The Bertz CT molecular complexity index is 866. The van der Waals surface area contributed by atoms with Crippen molar-refractivity contribution in [3.63, 3.8) is 0 Å². The Balaban J connectivity index is 1.43. The lowest BCUT2D eigenvalue weighted by molar-refractivity contribution is 0.684. The molecule has 5 rings (SSSR count). The van der Waals surface area contributed by atoms with Gasteiger partial charge in [-0.3, -0.25) is 0 Å². The lowest BCUT2D eigenvalue weighted by Gasteiger charge is -2.00. The van der Waals surface area contributed by atoms with Gasteiger partial charge in [0.25, 0.3) is 0 Å². The number of rotatable bonds is 0. The first-order valence-corrected chi connectivity index (χ1v) is 11.5. The molecule has 10 heteroatoms. The van der Waals surface area contributed by atoms with Gasteiger partial charge in [-0.2, -0.15) is 0 Å². The van der Waals surface area contributed by atoms with Gasteiger partial charge in [-0.15, -0.1) is 45.3 Å².